The van der Waals surface area contributed by atoms with Crippen LogP contribution in [0.3, 0.4) is 0 Å². The lowest BCUT2D eigenvalue weighted by Crippen LogP contribution is -1.91. The Labute approximate surface area is 75.2 Å². The Hall–Kier alpha value is -1.09. The van der Waals surface area contributed by atoms with E-state index in [-0.39, 0.29) is 6.42 Å². The van der Waals surface area contributed by atoms with Crippen molar-refractivity contribution >= 4 is 23.4 Å². The Morgan fingerprint density at radius 1 is 1.67 bits per heavy atom. The molecule has 0 atom stereocenters. The van der Waals surface area contributed by atoms with Crippen LogP contribution in [0.25, 0.3) is 6.08 Å². The minimum absolute atomic E-state index is 0.210. The second-order valence-corrected chi connectivity index (χ2v) is 3.33. The second kappa shape index (κ2) is 4.72. The van der Waals surface area contributed by atoms with Crippen molar-refractivity contribution in [2.24, 2.45) is 0 Å². The first kappa shape index (κ1) is 9.00. The van der Waals surface area contributed by atoms with Gasteiger partial charge in [0.05, 0.1) is 0 Å². The fourth-order valence-electron chi connectivity index (χ4n) is 0.792. The largest absolute Gasteiger partial charge is 0.481 e. The third-order valence-electron chi connectivity index (χ3n) is 1.35. The molecule has 1 rings (SSSR count). The van der Waals surface area contributed by atoms with Crippen LogP contribution in [-0.2, 0) is 4.79 Å². The van der Waals surface area contributed by atoms with Gasteiger partial charge in [-0.1, -0.05) is 12.1 Å². The van der Waals surface area contributed by atoms with Gasteiger partial charge in [-0.2, -0.15) is 0 Å². The van der Waals surface area contributed by atoms with Gasteiger partial charge in [-0.25, -0.2) is 0 Å². The molecule has 0 aromatic carbocycles. The summed E-state index contributed by atoms with van der Waals surface area (Å²) in [4.78, 5) is 11.3. The monoisotopic (exact) mass is 182 g/mol. The molecule has 12 heavy (non-hydrogen) atoms. The zero-order valence-corrected chi connectivity index (χ0v) is 7.38. The highest BCUT2D eigenvalue weighted by Crippen LogP contribution is 2.10. The van der Waals surface area contributed by atoms with E-state index in [9.17, 15) is 4.79 Å². The lowest BCUT2D eigenvalue weighted by molar-refractivity contribution is -0.136. The molecule has 0 unspecified atom stereocenters. The van der Waals surface area contributed by atoms with E-state index in [4.69, 9.17) is 5.11 Å². The molecular formula is C9H10O2S. The summed E-state index contributed by atoms with van der Waals surface area (Å²) in [5.74, 6) is -0.745. The van der Waals surface area contributed by atoms with Crippen molar-refractivity contribution in [1.29, 1.82) is 0 Å². The summed E-state index contributed by atoms with van der Waals surface area (Å²) in [5, 5.41) is 10.3. The summed E-state index contributed by atoms with van der Waals surface area (Å²) >= 11 is 1.65. The number of carbonyl (C=O) groups is 1. The van der Waals surface area contributed by atoms with Gasteiger partial charge in [-0.05, 0) is 23.9 Å². The molecule has 0 fully saturated rings. The molecule has 1 N–H and O–H groups in total. The maximum atomic E-state index is 10.1. The van der Waals surface area contributed by atoms with Gasteiger partial charge in [0.1, 0.15) is 0 Å². The molecule has 0 aliphatic rings. The SMILES string of the molecule is O=C(O)CC/C=C/c1cccs1. The number of allylic oxidation sites excluding steroid dienone is 1. The van der Waals surface area contributed by atoms with Crippen LogP contribution in [0.1, 0.15) is 17.7 Å². The molecule has 1 aromatic rings. The van der Waals surface area contributed by atoms with Crippen molar-refractivity contribution < 1.29 is 9.90 Å². The average molecular weight is 182 g/mol. The first-order valence-corrected chi connectivity index (χ1v) is 4.59. The van der Waals surface area contributed by atoms with Crippen molar-refractivity contribution in [3.63, 3.8) is 0 Å². The van der Waals surface area contributed by atoms with E-state index in [0.29, 0.717) is 6.42 Å². The summed E-state index contributed by atoms with van der Waals surface area (Å²) in [6.45, 7) is 0. The Morgan fingerprint density at radius 2 is 2.50 bits per heavy atom. The molecule has 0 saturated heterocycles. The Balaban J connectivity index is 2.27. The lowest BCUT2D eigenvalue weighted by atomic mass is 10.3. The van der Waals surface area contributed by atoms with Crippen LogP contribution in [0.5, 0.6) is 0 Å². The van der Waals surface area contributed by atoms with Crippen LogP contribution in [0.2, 0.25) is 0 Å². The molecule has 0 amide bonds. The van der Waals surface area contributed by atoms with E-state index in [1.54, 1.807) is 11.3 Å². The predicted octanol–water partition coefficient (Wildman–Crippen LogP) is 2.63. The zero-order chi connectivity index (χ0) is 8.81. The van der Waals surface area contributed by atoms with Gasteiger partial charge in [0.2, 0.25) is 0 Å². The van der Waals surface area contributed by atoms with Crippen LogP contribution >= 0.6 is 11.3 Å². The maximum absolute atomic E-state index is 10.1. The van der Waals surface area contributed by atoms with E-state index in [0.717, 1.165) is 0 Å². The Bertz CT molecular complexity index is 262. The first-order valence-electron chi connectivity index (χ1n) is 3.71. The highest BCUT2D eigenvalue weighted by atomic mass is 32.1. The van der Waals surface area contributed by atoms with Gasteiger partial charge in [-0.3, -0.25) is 4.79 Å². The lowest BCUT2D eigenvalue weighted by Gasteiger charge is -1.86. The minimum atomic E-state index is -0.745. The van der Waals surface area contributed by atoms with E-state index in [1.165, 1.54) is 4.88 Å². The molecule has 0 bridgehead atoms. The number of carboxylic acid groups (broad SMARTS) is 1. The molecule has 1 aromatic heterocycles. The summed E-state index contributed by atoms with van der Waals surface area (Å²) in [6.07, 6.45) is 4.66. The number of hydrogen-bond acceptors (Lipinski definition) is 2. The topological polar surface area (TPSA) is 37.3 Å². The van der Waals surface area contributed by atoms with E-state index >= 15 is 0 Å². The number of thiophene rings is 1. The fraction of sp³-hybridized carbons (Fsp3) is 0.222. The van der Waals surface area contributed by atoms with Crippen LogP contribution < -0.4 is 0 Å². The van der Waals surface area contributed by atoms with Gasteiger partial charge in [0.25, 0.3) is 0 Å². The number of aliphatic carboxylic acids is 1. The smallest absolute Gasteiger partial charge is 0.303 e. The van der Waals surface area contributed by atoms with E-state index in [1.807, 2.05) is 29.7 Å². The van der Waals surface area contributed by atoms with Gasteiger partial charge in [0.15, 0.2) is 0 Å². The normalized spacial score (nSPS) is 10.7. The van der Waals surface area contributed by atoms with Crippen molar-refractivity contribution in [3.05, 3.63) is 28.5 Å². The van der Waals surface area contributed by atoms with Crippen molar-refractivity contribution in [1.82, 2.24) is 0 Å². The van der Waals surface area contributed by atoms with Gasteiger partial charge < -0.3 is 5.11 Å². The molecule has 0 aliphatic carbocycles. The molecule has 1 heterocycles. The summed E-state index contributed by atoms with van der Waals surface area (Å²) in [5.41, 5.74) is 0. The average Bonchev–Trinajstić information content (AvgIpc) is 2.49. The van der Waals surface area contributed by atoms with E-state index < -0.39 is 5.97 Å². The fourth-order valence-corrected chi connectivity index (χ4v) is 1.44. The molecule has 2 nitrogen and oxygen atoms in total. The zero-order valence-electron chi connectivity index (χ0n) is 6.56. The van der Waals surface area contributed by atoms with Crippen molar-refractivity contribution in [2.45, 2.75) is 12.8 Å². The molecular weight excluding hydrogens is 172 g/mol. The summed E-state index contributed by atoms with van der Waals surface area (Å²) < 4.78 is 0. The molecule has 3 heteroatoms. The first-order chi connectivity index (χ1) is 5.79. The summed E-state index contributed by atoms with van der Waals surface area (Å²) in [6, 6.07) is 3.98. The van der Waals surface area contributed by atoms with Crippen LogP contribution in [-0.4, -0.2) is 11.1 Å². The molecule has 0 radical (unpaired) electrons. The Kier molecular flexibility index (Phi) is 3.54. The van der Waals surface area contributed by atoms with Crippen LogP contribution in [0.4, 0.5) is 0 Å². The minimum Gasteiger partial charge on any atom is -0.481 e. The van der Waals surface area contributed by atoms with Crippen molar-refractivity contribution in [3.8, 4) is 0 Å². The Morgan fingerprint density at radius 3 is 3.08 bits per heavy atom. The van der Waals surface area contributed by atoms with Gasteiger partial charge in [0, 0.05) is 11.3 Å². The van der Waals surface area contributed by atoms with Crippen LogP contribution in [0, 0.1) is 0 Å². The maximum Gasteiger partial charge on any atom is 0.303 e. The molecule has 64 valence electrons. The quantitative estimate of drug-likeness (QED) is 0.777. The molecule has 0 aliphatic heterocycles. The van der Waals surface area contributed by atoms with E-state index in [2.05, 4.69) is 0 Å². The third kappa shape index (κ3) is 3.34. The molecule has 0 spiro atoms. The highest BCUT2D eigenvalue weighted by molar-refractivity contribution is 7.10. The summed E-state index contributed by atoms with van der Waals surface area (Å²) in [7, 11) is 0. The molecule has 0 saturated carbocycles. The number of rotatable bonds is 4. The second-order valence-electron chi connectivity index (χ2n) is 2.35. The number of hydrogen-bond donors (Lipinski definition) is 1. The highest BCUT2D eigenvalue weighted by Gasteiger charge is 1.91. The van der Waals surface area contributed by atoms with Gasteiger partial charge >= 0.3 is 5.97 Å². The van der Waals surface area contributed by atoms with Crippen molar-refractivity contribution in [2.75, 3.05) is 0 Å². The third-order valence-corrected chi connectivity index (χ3v) is 2.19. The number of carboxylic acids is 1. The van der Waals surface area contributed by atoms with Crippen LogP contribution in [0.15, 0.2) is 23.6 Å². The predicted molar refractivity (Wildman–Crippen MR) is 50.2 cm³/mol. The standard InChI is InChI=1S/C9H10O2S/c10-9(11)6-2-1-4-8-5-3-7-12-8/h1,3-5,7H,2,6H2,(H,10,11)/b4-1+. The van der Waals surface area contributed by atoms with Gasteiger partial charge in [-0.15, -0.1) is 11.3 Å².